The number of methoxy groups -OCH3 is 2. The summed E-state index contributed by atoms with van der Waals surface area (Å²) in [4.78, 5) is 11.9. The fourth-order valence-corrected chi connectivity index (χ4v) is 2.37. The summed E-state index contributed by atoms with van der Waals surface area (Å²) < 4.78 is 9.98. The minimum absolute atomic E-state index is 0. The third-order valence-electron chi connectivity index (χ3n) is 3.59. The van der Waals surface area contributed by atoms with Crippen molar-refractivity contribution in [1.29, 1.82) is 0 Å². The lowest BCUT2D eigenvalue weighted by Crippen LogP contribution is -2.03. The second-order valence-electron chi connectivity index (χ2n) is 4.93. The smallest absolute Gasteiger partial charge is 0.338 e. The van der Waals surface area contributed by atoms with E-state index in [1.807, 2.05) is 42.5 Å². The molecule has 24 heavy (non-hydrogen) atoms. The molecule has 124 valence electrons. The van der Waals surface area contributed by atoms with Crippen LogP contribution >= 0.6 is 12.4 Å². The first-order chi connectivity index (χ1) is 11.2. The largest absolute Gasteiger partial charge is 0.497 e. The highest BCUT2D eigenvalue weighted by molar-refractivity contribution is 5.96. The molecule has 0 aliphatic rings. The second kappa shape index (κ2) is 7.66. The van der Waals surface area contributed by atoms with Crippen LogP contribution in [0.2, 0.25) is 0 Å². The lowest BCUT2D eigenvalue weighted by molar-refractivity contribution is 0.0601. The minimum atomic E-state index is -0.380. The minimum Gasteiger partial charge on any atom is -0.497 e. The van der Waals surface area contributed by atoms with Crippen molar-refractivity contribution in [3.63, 3.8) is 0 Å². The van der Waals surface area contributed by atoms with Crippen LogP contribution in [-0.2, 0) is 4.74 Å². The van der Waals surface area contributed by atoms with E-state index in [2.05, 4.69) is 10.2 Å². The fraction of sp³-hybridized carbons (Fsp3) is 0.111. The van der Waals surface area contributed by atoms with E-state index in [4.69, 9.17) is 9.47 Å². The van der Waals surface area contributed by atoms with Gasteiger partial charge in [0.25, 0.3) is 0 Å². The van der Waals surface area contributed by atoms with E-state index in [0.717, 1.165) is 22.6 Å². The number of ether oxygens (including phenoxy) is 2. The number of benzene rings is 2. The Morgan fingerprint density at radius 1 is 1.04 bits per heavy atom. The highest BCUT2D eigenvalue weighted by Gasteiger charge is 2.15. The van der Waals surface area contributed by atoms with Crippen molar-refractivity contribution >= 4 is 18.4 Å². The zero-order valence-electron chi connectivity index (χ0n) is 13.3. The standard InChI is InChI=1S/C18H16N2O3.ClH/c1-22-13-9-7-12(8-10-13)16-11-17(20-19-16)14-5-3-4-6-15(14)18(21)23-2;/h3-11H,1-2H3,(H,19,20);1H. The number of hydrogen-bond acceptors (Lipinski definition) is 4. The maximum Gasteiger partial charge on any atom is 0.338 e. The van der Waals surface area contributed by atoms with Crippen LogP contribution in [0, 0.1) is 0 Å². The molecule has 6 heteroatoms. The number of carbonyl (C=O) groups excluding carboxylic acids is 1. The SMILES string of the molecule is COC(=O)c1ccccc1-c1cc(-c2ccc(OC)cc2)[nH]n1.Cl. The van der Waals surface area contributed by atoms with Crippen molar-refractivity contribution in [2.45, 2.75) is 0 Å². The first-order valence-electron chi connectivity index (χ1n) is 7.10. The first-order valence-corrected chi connectivity index (χ1v) is 7.10. The number of carbonyl (C=O) groups is 1. The van der Waals surface area contributed by atoms with Crippen molar-refractivity contribution in [3.8, 4) is 28.3 Å². The van der Waals surface area contributed by atoms with Crippen molar-refractivity contribution in [3.05, 3.63) is 60.2 Å². The van der Waals surface area contributed by atoms with Gasteiger partial charge in [0.1, 0.15) is 5.75 Å². The number of hydrogen-bond donors (Lipinski definition) is 1. The van der Waals surface area contributed by atoms with Gasteiger partial charge in [-0.3, -0.25) is 5.10 Å². The molecule has 1 N–H and O–H groups in total. The number of aromatic amines is 1. The summed E-state index contributed by atoms with van der Waals surface area (Å²) in [6.45, 7) is 0. The predicted octanol–water partition coefficient (Wildman–Crippen LogP) is 3.96. The number of nitrogens with one attached hydrogen (secondary N) is 1. The summed E-state index contributed by atoms with van der Waals surface area (Å²) in [7, 11) is 3.00. The Labute approximate surface area is 146 Å². The quantitative estimate of drug-likeness (QED) is 0.727. The summed E-state index contributed by atoms with van der Waals surface area (Å²) in [5.74, 6) is 0.416. The maximum absolute atomic E-state index is 11.9. The van der Waals surface area contributed by atoms with Crippen LogP contribution in [0.4, 0.5) is 0 Å². The van der Waals surface area contributed by atoms with Gasteiger partial charge in [-0.15, -0.1) is 12.4 Å². The van der Waals surface area contributed by atoms with Gasteiger partial charge >= 0.3 is 5.97 Å². The molecule has 0 spiro atoms. The van der Waals surface area contributed by atoms with Gasteiger partial charge in [0.05, 0.1) is 31.2 Å². The van der Waals surface area contributed by atoms with Gasteiger partial charge in [-0.25, -0.2) is 4.79 Å². The molecule has 0 saturated carbocycles. The van der Waals surface area contributed by atoms with Gasteiger partial charge in [-0.05, 0) is 42.0 Å². The number of H-pyrrole nitrogens is 1. The third kappa shape index (κ3) is 3.41. The van der Waals surface area contributed by atoms with E-state index in [1.54, 1.807) is 19.2 Å². The number of aromatic nitrogens is 2. The zero-order chi connectivity index (χ0) is 16.2. The zero-order valence-corrected chi connectivity index (χ0v) is 14.1. The van der Waals surface area contributed by atoms with E-state index in [9.17, 15) is 4.79 Å². The van der Waals surface area contributed by atoms with Crippen LogP contribution in [0.25, 0.3) is 22.5 Å². The van der Waals surface area contributed by atoms with Crippen molar-refractivity contribution in [1.82, 2.24) is 10.2 Å². The maximum atomic E-state index is 11.9. The molecule has 1 heterocycles. The molecule has 0 aliphatic heterocycles. The molecule has 3 aromatic rings. The van der Waals surface area contributed by atoms with Crippen LogP contribution in [0.5, 0.6) is 5.75 Å². The molecule has 0 atom stereocenters. The van der Waals surface area contributed by atoms with Crippen LogP contribution < -0.4 is 4.74 Å². The van der Waals surface area contributed by atoms with Crippen molar-refractivity contribution < 1.29 is 14.3 Å². The topological polar surface area (TPSA) is 64.2 Å². The second-order valence-corrected chi connectivity index (χ2v) is 4.93. The Balaban J connectivity index is 0.00000208. The van der Waals surface area contributed by atoms with Crippen LogP contribution in [-0.4, -0.2) is 30.4 Å². The van der Waals surface area contributed by atoms with Crippen molar-refractivity contribution in [2.75, 3.05) is 14.2 Å². The van der Waals surface area contributed by atoms with Gasteiger partial charge in [0, 0.05) is 5.56 Å². The summed E-state index contributed by atoms with van der Waals surface area (Å²) in [5.41, 5.74) is 3.76. The van der Waals surface area contributed by atoms with E-state index >= 15 is 0 Å². The van der Waals surface area contributed by atoms with E-state index in [-0.39, 0.29) is 18.4 Å². The number of nitrogens with zero attached hydrogens (tertiary/aromatic N) is 1. The molecule has 0 fully saturated rings. The molecule has 0 amide bonds. The highest BCUT2D eigenvalue weighted by Crippen LogP contribution is 2.27. The monoisotopic (exact) mass is 344 g/mol. The Bertz CT molecular complexity index is 828. The van der Waals surface area contributed by atoms with Gasteiger partial charge in [0.2, 0.25) is 0 Å². The van der Waals surface area contributed by atoms with E-state index in [0.29, 0.717) is 11.3 Å². The van der Waals surface area contributed by atoms with Crippen LogP contribution in [0.3, 0.4) is 0 Å². The Morgan fingerprint density at radius 3 is 2.42 bits per heavy atom. The van der Waals surface area contributed by atoms with E-state index < -0.39 is 0 Å². The average molecular weight is 345 g/mol. The molecule has 0 aliphatic carbocycles. The summed E-state index contributed by atoms with van der Waals surface area (Å²) in [6.07, 6.45) is 0. The molecule has 1 aromatic heterocycles. The summed E-state index contributed by atoms with van der Waals surface area (Å²) in [6, 6.07) is 16.8. The lowest BCUT2D eigenvalue weighted by atomic mass is 10.0. The molecule has 3 rings (SSSR count). The number of esters is 1. The average Bonchev–Trinajstić information content (AvgIpc) is 3.11. The lowest BCUT2D eigenvalue weighted by Gasteiger charge is -2.04. The predicted molar refractivity (Wildman–Crippen MR) is 94.6 cm³/mol. The molecule has 2 aromatic carbocycles. The molecular weight excluding hydrogens is 328 g/mol. The molecule has 0 unspecified atom stereocenters. The molecule has 0 bridgehead atoms. The van der Waals surface area contributed by atoms with E-state index in [1.165, 1.54) is 7.11 Å². The van der Waals surface area contributed by atoms with Gasteiger partial charge < -0.3 is 9.47 Å². The first kappa shape index (κ1) is 17.6. The molecule has 0 saturated heterocycles. The Hall–Kier alpha value is -2.79. The Kier molecular flexibility index (Phi) is 5.60. The van der Waals surface area contributed by atoms with Crippen molar-refractivity contribution in [2.24, 2.45) is 0 Å². The van der Waals surface area contributed by atoms with Gasteiger partial charge in [-0.1, -0.05) is 18.2 Å². The summed E-state index contributed by atoms with van der Waals surface area (Å²) in [5, 5.41) is 7.32. The highest BCUT2D eigenvalue weighted by atomic mass is 35.5. The Morgan fingerprint density at radius 2 is 1.75 bits per heavy atom. The number of halogens is 1. The van der Waals surface area contributed by atoms with Gasteiger partial charge in [0.15, 0.2) is 0 Å². The molecule has 5 nitrogen and oxygen atoms in total. The third-order valence-corrected chi connectivity index (χ3v) is 3.59. The molecule has 0 radical (unpaired) electrons. The van der Waals surface area contributed by atoms with Crippen LogP contribution in [0.15, 0.2) is 54.6 Å². The van der Waals surface area contributed by atoms with Crippen LogP contribution in [0.1, 0.15) is 10.4 Å². The fourth-order valence-electron chi connectivity index (χ4n) is 2.37. The summed E-state index contributed by atoms with van der Waals surface area (Å²) >= 11 is 0. The number of rotatable bonds is 4. The van der Waals surface area contributed by atoms with Gasteiger partial charge in [-0.2, -0.15) is 5.10 Å². The molecular formula is C18H17ClN2O3. The normalized spacial score (nSPS) is 9.92.